The number of nitrogen functional groups attached to an aromatic ring is 2. The van der Waals surface area contributed by atoms with Crippen LogP contribution in [0.3, 0.4) is 0 Å². The van der Waals surface area contributed by atoms with Gasteiger partial charge >= 0.3 is 0 Å². The molecule has 0 amide bonds. The van der Waals surface area contributed by atoms with Crippen LogP contribution < -0.4 is 16.4 Å². The molecule has 0 saturated carbocycles. The van der Waals surface area contributed by atoms with Crippen LogP contribution in [-0.4, -0.2) is 74.7 Å². The Balaban J connectivity index is 1.27. The Kier molecular flexibility index (Phi) is 4.81. The number of nitrogens with two attached hydrogens (primary N) is 2. The normalized spacial score (nSPS) is 17.4. The maximum Gasteiger partial charge on any atom is 0.180 e. The highest BCUT2D eigenvalue weighted by atomic mass is 16.5. The van der Waals surface area contributed by atoms with E-state index in [1.165, 1.54) is 11.9 Å². The van der Waals surface area contributed by atoms with Crippen LogP contribution in [0.15, 0.2) is 49.1 Å². The van der Waals surface area contributed by atoms with E-state index in [1.54, 1.807) is 6.20 Å². The van der Waals surface area contributed by atoms with Crippen molar-refractivity contribution < 1.29 is 4.74 Å². The summed E-state index contributed by atoms with van der Waals surface area (Å²) < 4.78 is 7.28. The van der Waals surface area contributed by atoms with E-state index < -0.39 is 0 Å². The molecule has 2 fully saturated rings. The van der Waals surface area contributed by atoms with Crippen LogP contribution in [0.2, 0.25) is 0 Å². The summed E-state index contributed by atoms with van der Waals surface area (Å²) >= 11 is 0. The molecule has 168 valence electrons. The van der Waals surface area contributed by atoms with Crippen LogP contribution in [0, 0.1) is 0 Å². The van der Waals surface area contributed by atoms with Gasteiger partial charge in [-0.1, -0.05) is 12.1 Å². The van der Waals surface area contributed by atoms with Crippen LogP contribution in [0.5, 0.6) is 0 Å². The highest BCUT2D eigenvalue weighted by molar-refractivity contribution is 5.73. The molecule has 0 aliphatic carbocycles. The third kappa shape index (κ3) is 3.62. The molecule has 2 aliphatic rings. The number of rotatable bonds is 4. The number of anilines is 3. The lowest BCUT2D eigenvalue weighted by Crippen LogP contribution is -2.56. The number of ether oxygens (including phenoxy) is 1. The number of hydrogen-bond donors (Lipinski definition) is 2. The molecule has 10 heteroatoms. The van der Waals surface area contributed by atoms with Gasteiger partial charge < -0.3 is 21.1 Å². The van der Waals surface area contributed by atoms with E-state index in [9.17, 15) is 0 Å². The lowest BCUT2D eigenvalue weighted by molar-refractivity contribution is -0.0660. The monoisotopic (exact) mass is 443 g/mol. The number of aromatic nitrogens is 5. The smallest absolute Gasteiger partial charge is 0.180 e. The second kappa shape index (κ2) is 7.98. The SMILES string of the molecule is Nc1cncc(-c2cn3c(-c4ccc(N5CCN(C6COC6)CC5)cc4)cnc3c(N)n2)n1. The number of hydrogen-bond acceptors (Lipinski definition) is 9. The van der Waals surface area contributed by atoms with Crippen molar-refractivity contribution in [2.75, 3.05) is 55.8 Å². The van der Waals surface area contributed by atoms with Crippen LogP contribution in [-0.2, 0) is 4.74 Å². The number of piperazine rings is 1. The first-order valence-electron chi connectivity index (χ1n) is 11.0. The Morgan fingerprint density at radius 2 is 1.67 bits per heavy atom. The van der Waals surface area contributed by atoms with E-state index in [1.807, 2.05) is 16.8 Å². The van der Waals surface area contributed by atoms with Crippen molar-refractivity contribution in [2.45, 2.75) is 6.04 Å². The number of imidazole rings is 1. The van der Waals surface area contributed by atoms with Crippen molar-refractivity contribution in [3.05, 3.63) is 49.1 Å². The fourth-order valence-corrected chi connectivity index (χ4v) is 4.48. The minimum absolute atomic E-state index is 0.328. The molecule has 5 heterocycles. The summed E-state index contributed by atoms with van der Waals surface area (Å²) in [7, 11) is 0. The molecular formula is C23H25N9O. The van der Waals surface area contributed by atoms with Gasteiger partial charge in [0.05, 0.1) is 43.5 Å². The predicted molar refractivity (Wildman–Crippen MR) is 127 cm³/mol. The lowest BCUT2D eigenvalue weighted by Gasteiger charge is -2.43. The second-order valence-corrected chi connectivity index (χ2v) is 8.44. The summed E-state index contributed by atoms with van der Waals surface area (Å²) in [6.45, 7) is 5.95. The van der Waals surface area contributed by atoms with Crippen LogP contribution in [0.25, 0.3) is 28.3 Å². The third-order valence-corrected chi connectivity index (χ3v) is 6.41. The molecule has 0 radical (unpaired) electrons. The Morgan fingerprint density at radius 3 is 2.36 bits per heavy atom. The fourth-order valence-electron chi connectivity index (χ4n) is 4.48. The first-order valence-corrected chi connectivity index (χ1v) is 11.0. The average molecular weight is 444 g/mol. The third-order valence-electron chi connectivity index (χ3n) is 6.41. The first-order chi connectivity index (χ1) is 16.2. The van der Waals surface area contributed by atoms with E-state index in [-0.39, 0.29) is 0 Å². The van der Waals surface area contributed by atoms with Crippen molar-refractivity contribution in [1.82, 2.24) is 29.2 Å². The molecule has 0 spiro atoms. The van der Waals surface area contributed by atoms with E-state index in [0.29, 0.717) is 34.7 Å². The van der Waals surface area contributed by atoms with Gasteiger partial charge in [-0.05, 0) is 12.1 Å². The van der Waals surface area contributed by atoms with E-state index in [2.05, 4.69) is 54.0 Å². The van der Waals surface area contributed by atoms with Gasteiger partial charge in [-0.25, -0.2) is 15.0 Å². The minimum Gasteiger partial charge on any atom is -0.382 e. The number of benzene rings is 1. The van der Waals surface area contributed by atoms with Gasteiger partial charge in [0, 0.05) is 43.6 Å². The van der Waals surface area contributed by atoms with Crippen LogP contribution in [0.4, 0.5) is 17.3 Å². The quantitative estimate of drug-likeness (QED) is 0.483. The minimum atomic E-state index is 0.328. The zero-order valence-electron chi connectivity index (χ0n) is 18.1. The first kappa shape index (κ1) is 19.9. The maximum absolute atomic E-state index is 6.20. The molecule has 0 atom stereocenters. The van der Waals surface area contributed by atoms with Crippen molar-refractivity contribution in [3.8, 4) is 22.6 Å². The molecule has 1 aromatic carbocycles. The summed E-state index contributed by atoms with van der Waals surface area (Å²) in [5, 5.41) is 0. The second-order valence-electron chi connectivity index (χ2n) is 8.44. The Hall–Kier alpha value is -3.76. The maximum atomic E-state index is 6.20. The zero-order valence-corrected chi connectivity index (χ0v) is 18.1. The highest BCUT2D eigenvalue weighted by Gasteiger charge is 2.28. The number of fused-ring (bicyclic) bond motifs is 1. The molecule has 2 saturated heterocycles. The summed E-state index contributed by atoms with van der Waals surface area (Å²) in [5.74, 6) is 0.658. The molecule has 0 unspecified atom stereocenters. The van der Waals surface area contributed by atoms with Gasteiger partial charge in [-0.2, -0.15) is 0 Å². The van der Waals surface area contributed by atoms with Gasteiger partial charge in [0.25, 0.3) is 0 Å². The molecule has 33 heavy (non-hydrogen) atoms. The van der Waals surface area contributed by atoms with Gasteiger partial charge in [-0.15, -0.1) is 0 Å². The molecule has 6 rings (SSSR count). The topological polar surface area (TPSA) is 124 Å². The van der Waals surface area contributed by atoms with Gasteiger partial charge in [-0.3, -0.25) is 14.3 Å². The van der Waals surface area contributed by atoms with E-state index in [0.717, 1.165) is 50.7 Å². The van der Waals surface area contributed by atoms with E-state index >= 15 is 0 Å². The fraction of sp³-hybridized carbons (Fsp3) is 0.304. The molecule has 0 bridgehead atoms. The van der Waals surface area contributed by atoms with Gasteiger partial charge in [0.1, 0.15) is 17.2 Å². The van der Waals surface area contributed by atoms with Gasteiger partial charge in [0.2, 0.25) is 0 Å². The Bertz CT molecular complexity index is 1290. The highest BCUT2D eigenvalue weighted by Crippen LogP contribution is 2.28. The Morgan fingerprint density at radius 1 is 0.879 bits per heavy atom. The summed E-state index contributed by atoms with van der Waals surface area (Å²) in [4.78, 5) is 22.3. The number of nitrogens with zero attached hydrogens (tertiary/aromatic N) is 7. The lowest BCUT2D eigenvalue weighted by atomic mass is 10.1. The molecule has 4 aromatic rings. The largest absolute Gasteiger partial charge is 0.382 e. The summed E-state index contributed by atoms with van der Waals surface area (Å²) in [5.41, 5.74) is 17.0. The van der Waals surface area contributed by atoms with Crippen LogP contribution >= 0.6 is 0 Å². The van der Waals surface area contributed by atoms with Crippen LogP contribution in [0.1, 0.15) is 0 Å². The van der Waals surface area contributed by atoms with Crippen molar-refractivity contribution in [2.24, 2.45) is 0 Å². The van der Waals surface area contributed by atoms with Crippen molar-refractivity contribution in [1.29, 1.82) is 0 Å². The van der Waals surface area contributed by atoms with E-state index in [4.69, 9.17) is 16.2 Å². The summed E-state index contributed by atoms with van der Waals surface area (Å²) in [6, 6.07) is 9.20. The Labute approximate surface area is 190 Å². The van der Waals surface area contributed by atoms with Crippen molar-refractivity contribution >= 4 is 23.0 Å². The standard InChI is InChI=1S/C23H25N9O/c24-21-11-26-9-18(28-21)19-12-32-20(10-27-23(32)22(25)29-19)15-1-3-16(4-2-15)30-5-7-31(8-6-30)17-13-33-14-17/h1-4,9-12,17H,5-8,13-14H2,(H2,24,28)(H2,25,29). The average Bonchev–Trinajstić information content (AvgIpc) is 3.23. The van der Waals surface area contributed by atoms with Gasteiger partial charge in [0.15, 0.2) is 11.5 Å². The summed E-state index contributed by atoms with van der Waals surface area (Å²) in [6.07, 6.45) is 6.80. The molecule has 4 N–H and O–H groups in total. The molecular weight excluding hydrogens is 418 g/mol. The molecule has 2 aliphatic heterocycles. The zero-order chi connectivity index (χ0) is 22.4. The molecule has 3 aromatic heterocycles. The predicted octanol–water partition coefficient (Wildman–Crippen LogP) is 1.54. The molecule has 10 nitrogen and oxygen atoms in total. The van der Waals surface area contributed by atoms with Crippen molar-refractivity contribution in [3.63, 3.8) is 0 Å².